The van der Waals surface area contributed by atoms with Crippen LogP contribution in [0.4, 0.5) is 5.95 Å². The lowest BCUT2D eigenvalue weighted by molar-refractivity contribution is 0.0797. The lowest BCUT2D eigenvalue weighted by atomic mass is 10.2. The third-order valence-corrected chi connectivity index (χ3v) is 4.63. The molecule has 142 valence electrons. The molecule has 0 aliphatic heterocycles. The van der Waals surface area contributed by atoms with E-state index in [-0.39, 0.29) is 6.23 Å². The van der Waals surface area contributed by atoms with Crippen molar-refractivity contribution in [3.63, 3.8) is 0 Å². The van der Waals surface area contributed by atoms with Gasteiger partial charge in [0.25, 0.3) is 0 Å². The molecule has 3 heterocycles. The van der Waals surface area contributed by atoms with Crippen molar-refractivity contribution in [1.82, 2.24) is 24.5 Å². The molecule has 1 unspecified atom stereocenters. The number of aromatic nitrogens is 5. The van der Waals surface area contributed by atoms with Gasteiger partial charge >= 0.3 is 0 Å². The molecule has 0 saturated carbocycles. The minimum Gasteiger partial charge on any atom is -0.357 e. The van der Waals surface area contributed by atoms with Crippen LogP contribution in [0, 0.1) is 13.8 Å². The Kier molecular flexibility index (Phi) is 4.99. The van der Waals surface area contributed by atoms with Gasteiger partial charge in [-0.25, -0.2) is 9.97 Å². The molecule has 0 aliphatic carbocycles. The Labute approximate surface area is 163 Å². The van der Waals surface area contributed by atoms with Crippen LogP contribution in [0.15, 0.2) is 54.9 Å². The van der Waals surface area contributed by atoms with Gasteiger partial charge in [-0.1, -0.05) is 30.3 Å². The lowest BCUT2D eigenvalue weighted by Crippen LogP contribution is -2.15. The van der Waals surface area contributed by atoms with Gasteiger partial charge in [-0.3, -0.25) is 9.55 Å². The molecule has 0 amide bonds. The van der Waals surface area contributed by atoms with E-state index in [9.17, 15) is 0 Å². The number of rotatable bonds is 6. The van der Waals surface area contributed by atoms with E-state index in [4.69, 9.17) is 9.72 Å². The summed E-state index contributed by atoms with van der Waals surface area (Å²) in [6.07, 6.45) is 3.23. The summed E-state index contributed by atoms with van der Waals surface area (Å²) >= 11 is 0. The first-order chi connectivity index (χ1) is 13.7. The van der Waals surface area contributed by atoms with Gasteiger partial charge in [-0.2, -0.15) is 4.98 Å². The summed E-state index contributed by atoms with van der Waals surface area (Å²) in [7, 11) is 1.69. The summed E-state index contributed by atoms with van der Waals surface area (Å²) in [5.74, 6) is 1.39. The van der Waals surface area contributed by atoms with Crippen molar-refractivity contribution in [2.24, 2.45) is 0 Å². The van der Waals surface area contributed by atoms with Crippen LogP contribution in [0.5, 0.6) is 0 Å². The van der Waals surface area contributed by atoms with E-state index in [1.165, 1.54) is 0 Å². The van der Waals surface area contributed by atoms with Crippen molar-refractivity contribution < 1.29 is 4.74 Å². The predicted molar refractivity (Wildman–Crippen MR) is 108 cm³/mol. The molecule has 7 heteroatoms. The van der Waals surface area contributed by atoms with Gasteiger partial charge in [0.2, 0.25) is 5.95 Å². The molecular formula is C21H22N6O. The smallest absolute Gasteiger partial charge is 0.225 e. The highest BCUT2D eigenvalue weighted by Crippen LogP contribution is 2.27. The molecule has 7 nitrogen and oxygen atoms in total. The second-order valence-electron chi connectivity index (χ2n) is 6.54. The molecule has 0 spiro atoms. The summed E-state index contributed by atoms with van der Waals surface area (Å²) < 4.78 is 7.82. The number of imidazole rings is 1. The second kappa shape index (κ2) is 7.74. The summed E-state index contributed by atoms with van der Waals surface area (Å²) in [6.45, 7) is 4.52. The SMILES string of the molecule is COC(c1ccccc1)n1c(C)nc2c(C)nc(NCc3ccncc3)nc21. The molecular weight excluding hydrogens is 352 g/mol. The van der Waals surface area contributed by atoms with Crippen LogP contribution >= 0.6 is 0 Å². The van der Waals surface area contributed by atoms with Crippen LogP contribution in [0.3, 0.4) is 0 Å². The minimum atomic E-state index is -0.312. The van der Waals surface area contributed by atoms with Crippen LogP contribution in [0.1, 0.15) is 28.9 Å². The molecule has 1 aromatic carbocycles. The number of fused-ring (bicyclic) bond motifs is 1. The number of nitrogens with one attached hydrogen (secondary N) is 1. The largest absolute Gasteiger partial charge is 0.357 e. The molecule has 4 aromatic rings. The standard InChI is InChI=1S/C21H22N6O/c1-14-18-19(26-21(24-14)23-13-16-9-11-22-12-10-16)27(15(2)25-18)20(28-3)17-7-5-4-6-8-17/h4-12,20H,13H2,1-3H3,(H,23,24,26). The van der Waals surface area contributed by atoms with Crippen molar-refractivity contribution in [2.75, 3.05) is 12.4 Å². The summed E-state index contributed by atoms with van der Waals surface area (Å²) in [5.41, 5.74) is 4.50. The number of methoxy groups -OCH3 is 1. The normalized spacial score (nSPS) is 12.2. The Balaban J connectivity index is 1.74. The third-order valence-electron chi connectivity index (χ3n) is 4.63. The Morgan fingerprint density at radius 3 is 2.46 bits per heavy atom. The highest BCUT2D eigenvalue weighted by atomic mass is 16.5. The van der Waals surface area contributed by atoms with Crippen molar-refractivity contribution in [2.45, 2.75) is 26.6 Å². The Hall–Kier alpha value is -3.32. The number of pyridine rings is 1. The maximum absolute atomic E-state index is 5.81. The van der Waals surface area contributed by atoms with Crippen LogP contribution in [0.2, 0.25) is 0 Å². The number of aryl methyl sites for hydroxylation is 2. The Morgan fingerprint density at radius 2 is 1.75 bits per heavy atom. The molecule has 1 N–H and O–H groups in total. The highest BCUT2D eigenvalue weighted by molar-refractivity contribution is 5.75. The van der Waals surface area contributed by atoms with Gasteiger partial charge in [0, 0.05) is 31.6 Å². The van der Waals surface area contributed by atoms with Crippen molar-refractivity contribution in [3.05, 3.63) is 77.5 Å². The van der Waals surface area contributed by atoms with E-state index in [1.807, 2.05) is 60.9 Å². The zero-order valence-corrected chi connectivity index (χ0v) is 16.1. The molecule has 0 aliphatic rings. The number of hydrogen-bond acceptors (Lipinski definition) is 6. The monoisotopic (exact) mass is 374 g/mol. The maximum atomic E-state index is 5.81. The van der Waals surface area contributed by atoms with E-state index in [1.54, 1.807) is 19.5 Å². The molecule has 0 bridgehead atoms. The zero-order chi connectivity index (χ0) is 19.5. The first kappa shape index (κ1) is 18.1. The summed E-state index contributed by atoms with van der Waals surface area (Å²) in [4.78, 5) is 18.1. The number of ether oxygens (including phenoxy) is 1. The summed E-state index contributed by atoms with van der Waals surface area (Å²) in [6, 6.07) is 14.0. The van der Waals surface area contributed by atoms with E-state index >= 15 is 0 Å². The number of anilines is 1. The fraction of sp³-hybridized carbons (Fsp3) is 0.238. The van der Waals surface area contributed by atoms with Crippen LogP contribution in [0.25, 0.3) is 11.2 Å². The molecule has 3 aromatic heterocycles. The van der Waals surface area contributed by atoms with Gasteiger partial charge < -0.3 is 10.1 Å². The quantitative estimate of drug-likeness (QED) is 0.555. The zero-order valence-electron chi connectivity index (χ0n) is 16.1. The van der Waals surface area contributed by atoms with E-state index < -0.39 is 0 Å². The van der Waals surface area contributed by atoms with Gasteiger partial charge in [0.15, 0.2) is 11.9 Å². The molecule has 1 atom stereocenters. The molecule has 0 radical (unpaired) electrons. The van der Waals surface area contributed by atoms with Gasteiger partial charge in [0.05, 0.1) is 5.69 Å². The molecule has 0 saturated heterocycles. The Morgan fingerprint density at radius 1 is 1.00 bits per heavy atom. The topological polar surface area (TPSA) is 77.8 Å². The average Bonchev–Trinajstić information content (AvgIpc) is 3.06. The van der Waals surface area contributed by atoms with E-state index in [0.717, 1.165) is 33.8 Å². The van der Waals surface area contributed by atoms with Crippen molar-refractivity contribution in [3.8, 4) is 0 Å². The van der Waals surface area contributed by atoms with Crippen LogP contribution in [-0.2, 0) is 11.3 Å². The molecule has 0 fully saturated rings. The minimum absolute atomic E-state index is 0.312. The summed E-state index contributed by atoms with van der Waals surface area (Å²) in [5, 5.41) is 3.30. The predicted octanol–water partition coefficient (Wildman–Crippen LogP) is 3.64. The van der Waals surface area contributed by atoms with Crippen LogP contribution < -0.4 is 5.32 Å². The van der Waals surface area contributed by atoms with E-state index in [0.29, 0.717) is 12.5 Å². The maximum Gasteiger partial charge on any atom is 0.225 e. The first-order valence-electron chi connectivity index (χ1n) is 9.11. The van der Waals surface area contributed by atoms with Gasteiger partial charge in [-0.05, 0) is 31.5 Å². The number of hydrogen-bond donors (Lipinski definition) is 1. The van der Waals surface area contributed by atoms with Crippen molar-refractivity contribution in [1.29, 1.82) is 0 Å². The third kappa shape index (κ3) is 3.44. The highest BCUT2D eigenvalue weighted by Gasteiger charge is 2.21. The van der Waals surface area contributed by atoms with Crippen molar-refractivity contribution >= 4 is 17.1 Å². The molecule has 4 rings (SSSR count). The Bertz CT molecular complexity index is 1080. The van der Waals surface area contributed by atoms with E-state index in [2.05, 4.69) is 20.3 Å². The van der Waals surface area contributed by atoms with Gasteiger partial charge in [0.1, 0.15) is 11.3 Å². The van der Waals surface area contributed by atoms with Gasteiger partial charge in [-0.15, -0.1) is 0 Å². The van der Waals surface area contributed by atoms with Crippen LogP contribution in [-0.4, -0.2) is 31.6 Å². The number of benzene rings is 1. The fourth-order valence-electron chi connectivity index (χ4n) is 3.27. The second-order valence-corrected chi connectivity index (χ2v) is 6.54. The lowest BCUT2D eigenvalue weighted by Gasteiger charge is -2.19. The fourth-order valence-corrected chi connectivity index (χ4v) is 3.27. The average molecular weight is 374 g/mol. The first-order valence-corrected chi connectivity index (χ1v) is 9.11. The molecule has 28 heavy (non-hydrogen) atoms. The number of nitrogens with zero attached hydrogens (tertiary/aromatic N) is 5.